The van der Waals surface area contributed by atoms with E-state index in [4.69, 9.17) is 10.9 Å². The molecule has 3 N–H and O–H groups in total. The molecule has 0 saturated heterocycles. The molecule has 0 aliphatic heterocycles. The third kappa shape index (κ3) is 4.33. The Hall–Kier alpha value is -2.32. The van der Waals surface area contributed by atoms with Gasteiger partial charge in [-0.25, -0.2) is 4.39 Å². The molecule has 0 heterocycles. The van der Waals surface area contributed by atoms with Crippen LogP contribution in [-0.4, -0.2) is 35.4 Å². The summed E-state index contributed by atoms with van der Waals surface area (Å²) in [7, 11) is 1.27. The topological polar surface area (TPSA) is 78.9 Å². The molecule has 0 aromatic heterocycles. The van der Waals surface area contributed by atoms with Gasteiger partial charge in [-0.15, -0.1) is 0 Å². The van der Waals surface area contributed by atoms with E-state index in [9.17, 15) is 22.4 Å². The number of hydrogen-bond donors (Lipinski definition) is 2. The van der Waals surface area contributed by atoms with Crippen LogP contribution in [0.5, 0.6) is 0 Å². The second-order valence-electron chi connectivity index (χ2n) is 4.26. The SMILES string of the molecule is CN(CC/C(N)=N/O)C(=O)c1cc(C(F)(F)F)ccc1F. The first-order valence-corrected chi connectivity index (χ1v) is 5.75. The lowest BCUT2D eigenvalue weighted by Gasteiger charge is -2.18. The highest BCUT2D eigenvalue weighted by Crippen LogP contribution is 2.30. The maximum Gasteiger partial charge on any atom is 0.416 e. The molecule has 0 unspecified atom stereocenters. The number of amides is 1. The van der Waals surface area contributed by atoms with Gasteiger partial charge in [0.15, 0.2) is 0 Å². The predicted octanol–water partition coefficient (Wildman–Crippen LogP) is 2.05. The van der Waals surface area contributed by atoms with Gasteiger partial charge in [-0.3, -0.25) is 4.79 Å². The van der Waals surface area contributed by atoms with E-state index < -0.39 is 29.0 Å². The Morgan fingerprint density at radius 1 is 1.43 bits per heavy atom. The van der Waals surface area contributed by atoms with E-state index in [0.717, 1.165) is 4.90 Å². The second kappa shape index (κ2) is 6.42. The van der Waals surface area contributed by atoms with Crippen molar-refractivity contribution in [3.63, 3.8) is 0 Å². The van der Waals surface area contributed by atoms with E-state index in [-0.39, 0.29) is 18.8 Å². The highest BCUT2D eigenvalue weighted by atomic mass is 19.4. The monoisotopic (exact) mass is 307 g/mol. The first kappa shape index (κ1) is 16.7. The molecule has 0 aliphatic carbocycles. The van der Waals surface area contributed by atoms with Crippen molar-refractivity contribution in [3.05, 3.63) is 35.1 Å². The number of alkyl halides is 3. The molecular weight excluding hydrogens is 294 g/mol. The summed E-state index contributed by atoms with van der Waals surface area (Å²) in [4.78, 5) is 12.9. The van der Waals surface area contributed by atoms with Crippen molar-refractivity contribution in [2.24, 2.45) is 10.9 Å². The number of nitrogens with zero attached hydrogens (tertiary/aromatic N) is 2. The Balaban J connectivity index is 2.96. The fourth-order valence-corrected chi connectivity index (χ4v) is 1.50. The van der Waals surface area contributed by atoms with Gasteiger partial charge in [0.05, 0.1) is 11.1 Å². The minimum atomic E-state index is -4.67. The van der Waals surface area contributed by atoms with Crippen LogP contribution in [0.15, 0.2) is 23.4 Å². The summed E-state index contributed by atoms with van der Waals surface area (Å²) in [5.74, 6) is -2.13. The van der Waals surface area contributed by atoms with Crippen molar-refractivity contribution < 1.29 is 27.6 Å². The van der Waals surface area contributed by atoms with Gasteiger partial charge < -0.3 is 15.8 Å². The molecular formula is C12H13F4N3O2. The molecule has 0 atom stereocenters. The number of carbonyl (C=O) groups excluding carboxylic acids is 1. The van der Waals surface area contributed by atoms with Gasteiger partial charge in [-0.2, -0.15) is 13.2 Å². The second-order valence-corrected chi connectivity index (χ2v) is 4.26. The molecule has 9 heteroatoms. The number of rotatable bonds is 4. The minimum Gasteiger partial charge on any atom is -0.409 e. The molecule has 1 aromatic carbocycles. The van der Waals surface area contributed by atoms with Crippen molar-refractivity contribution in [2.75, 3.05) is 13.6 Å². The van der Waals surface area contributed by atoms with E-state index in [2.05, 4.69) is 5.16 Å². The van der Waals surface area contributed by atoms with E-state index >= 15 is 0 Å². The lowest BCUT2D eigenvalue weighted by molar-refractivity contribution is -0.137. The summed E-state index contributed by atoms with van der Waals surface area (Å²) in [6.45, 7) is -0.0373. The van der Waals surface area contributed by atoms with Crippen LogP contribution in [0.3, 0.4) is 0 Å². The van der Waals surface area contributed by atoms with Crippen LogP contribution >= 0.6 is 0 Å². The van der Waals surface area contributed by atoms with Gasteiger partial charge in [-0.1, -0.05) is 5.16 Å². The van der Waals surface area contributed by atoms with Gasteiger partial charge >= 0.3 is 6.18 Å². The van der Waals surface area contributed by atoms with Crippen molar-refractivity contribution in [3.8, 4) is 0 Å². The van der Waals surface area contributed by atoms with Gasteiger partial charge in [0.1, 0.15) is 11.7 Å². The van der Waals surface area contributed by atoms with Crippen molar-refractivity contribution in [1.82, 2.24) is 4.90 Å². The standard InChI is InChI=1S/C12H13F4N3O2/c1-19(5-4-10(17)18-21)11(20)8-6-7(12(14,15)16)2-3-9(8)13/h2-3,6,21H,4-5H2,1H3,(H2,17,18). The number of nitrogens with two attached hydrogens (primary N) is 1. The molecule has 0 bridgehead atoms. The molecule has 1 aromatic rings. The maximum absolute atomic E-state index is 13.5. The Morgan fingerprint density at radius 3 is 2.57 bits per heavy atom. The maximum atomic E-state index is 13.5. The summed E-state index contributed by atoms with van der Waals surface area (Å²) in [5.41, 5.74) is 3.41. The third-order valence-corrected chi connectivity index (χ3v) is 2.70. The summed E-state index contributed by atoms with van der Waals surface area (Å²) in [6.07, 6.45) is -4.67. The van der Waals surface area contributed by atoms with Crippen molar-refractivity contribution in [2.45, 2.75) is 12.6 Å². The molecule has 116 valence electrons. The number of amidine groups is 1. The lowest BCUT2D eigenvalue weighted by atomic mass is 10.1. The lowest BCUT2D eigenvalue weighted by Crippen LogP contribution is -2.31. The zero-order valence-electron chi connectivity index (χ0n) is 11.0. The van der Waals surface area contributed by atoms with Crippen LogP contribution < -0.4 is 5.73 Å². The van der Waals surface area contributed by atoms with Gasteiger partial charge in [0.2, 0.25) is 0 Å². The zero-order chi connectivity index (χ0) is 16.2. The van der Waals surface area contributed by atoms with E-state index in [1.807, 2.05) is 0 Å². The number of oxime groups is 1. The molecule has 0 spiro atoms. The number of carbonyl (C=O) groups is 1. The van der Waals surface area contributed by atoms with E-state index in [0.29, 0.717) is 18.2 Å². The highest BCUT2D eigenvalue weighted by Gasteiger charge is 2.32. The van der Waals surface area contributed by atoms with Crippen LogP contribution in [0.2, 0.25) is 0 Å². The first-order chi connectivity index (χ1) is 9.66. The smallest absolute Gasteiger partial charge is 0.409 e. The van der Waals surface area contributed by atoms with Crippen LogP contribution in [0.25, 0.3) is 0 Å². The normalized spacial score (nSPS) is 12.3. The van der Waals surface area contributed by atoms with Gasteiger partial charge in [-0.05, 0) is 18.2 Å². The fraction of sp³-hybridized carbons (Fsp3) is 0.333. The Kier molecular flexibility index (Phi) is 5.12. The van der Waals surface area contributed by atoms with Crippen molar-refractivity contribution >= 4 is 11.7 Å². The fourth-order valence-electron chi connectivity index (χ4n) is 1.50. The average Bonchev–Trinajstić information content (AvgIpc) is 2.42. The van der Waals surface area contributed by atoms with Crippen LogP contribution in [0.4, 0.5) is 17.6 Å². The molecule has 0 saturated carbocycles. The highest BCUT2D eigenvalue weighted by molar-refractivity contribution is 5.94. The number of hydrogen-bond acceptors (Lipinski definition) is 3. The molecule has 0 radical (unpaired) electrons. The van der Waals surface area contributed by atoms with E-state index in [1.165, 1.54) is 7.05 Å². The van der Waals surface area contributed by atoms with Gasteiger partial charge in [0.25, 0.3) is 5.91 Å². The average molecular weight is 307 g/mol. The zero-order valence-corrected chi connectivity index (χ0v) is 11.0. The summed E-state index contributed by atoms with van der Waals surface area (Å²) < 4.78 is 51.2. The van der Waals surface area contributed by atoms with E-state index in [1.54, 1.807) is 0 Å². The molecule has 1 amide bonds. The Morgan fingerprint density at radius 2 is 2.05 bits per heavy atom. The molecule has 0 fully saturated rings. The summed E-state index contributed by atoms with van der Waals surface area (Å²) in [6, 6.07) is 1.60. The molecule has 5 nitrogen and oxygen atoms in total. The van der Waals surface area contributed by atoms with Crippen LogP contribution in [-0.2, 0) is 6.18 Å². The van der Waals surface area contributed by atoms with Crippen LogP contribution in [0.1, 0.15) is 22.3 Å². The predicted molar refractivity (Wildman–Crippen MR) is 66.4 cm³/mol. The van der Waals surface area contributed by atoms with Crippen LogP contribution in [0, 0.1) is 5.82 Å². The molecule has 0 aliphatic rings. The largest absolute Gasteiger partial charge is 0.416 e. The van der Waals surface area contributed by atoms with Gasteiger partial charge in [0, 0.05) is 20.0 Å². The molecule has 1 rings (SSSR count). The minimum absolute atomic E-state index is 0.000674. The first-order valence-electron chi connectivity index (χ1n) is 5.75. The summed E-state index contributed by atoms with van der Waals surface area (Å²) in [5, 5.41) is 11.0. The third-order valence-electron chi connectivity index (χ3n) is 2.70. The molecule has 21 heavy (non-hydrogen) atoms. The summed E-state index contributed by atoms with van der Waals surface area (Å²) >= 11 is 0. The number of benzene rings is 1. The van der Waals surface area contributed by atoms with Crippen molar-refractivity contribution in [1.29, 1.82) is 0 Å². The quantitative estimate of drug-likeness (QED) is 0.294. The Labute approximate surface area is 117 Å². The number of halogens is 4. The Bertz CT molecular complexity index is 558.